The van der Waals surface area contributed by atoms with Crippen molar-refractivity contribution < 1.29 is 14.3 Å². The van der Waals surface area contributed by atoms with Crippen LogP contribution in [0.2, 0.25) is 0 Å². The molecule has 1 aliphatic rings. The smallest absolute Gasteiger partial charge is 0.234 e. The molecule has 1 aliphatic carbocycles. The topological polar surface area (TPSA) is 78.3 Å². The van der Waals surface area contributed by atoms with Gasteiger partial charge in [0.05, 0.1) is 30.5 Å². The molecule has 1 amide bonds. The molecule has 1 aromatic carbocycles. The molecule has 1 saturated carbocycles. The van der Waals surface area contributed by atoms with Gasteiger partial charge in [-0.25, -0.2) is 0 Å². The lowest BCUT2D eigenvalue weighted by Crippen LogP contribution is -2.17. The molecule has 4 rings (SSSR count). The molecule has 1 fully saturated rings. The van der Waals surface area contributed by atoms with E-state index in [1.807, 2.05) is 6.07 Å². The maximum absolute atomic E-state index is 12.7. The number of hydrogen-bond acceptors (Lipinski definition) is 7. The second kappa shape index (κ2) is 10.2. The molecule has 0 bridgehead atoms. The number of ether oxygens (including phenoxy) is 2. The first-order chi connectivity index (χ1) is 15.2. The van der Waals surface area contributed by atoms with Crippen LogP contribution in [-0.4, -0.2) is 40.6 Å². The standard InChI is InChI=1S/C22H26N4O3S2/c1-28-16-10-11-18(29-2)17(13-16)23-20(27)14-31-22-25-24-21(19-9-6-12-30-19)26(22)15-7-4-3-5-8-15/h6,9-13,15H,3-5,7-8,14H2,1-2H3,(H,23,27). The van der Waals surface area contributed by atoms with Crippen LogP contribution in [-0.2, 0) is 4.79 Å². The number of methoxy groups -OCH3 is 2. The number of nitrogens with one attached hydrogen (secondary N) is 1. The minimum atomic E-state index is -0.132. The summed E-state index contributed by atoms with van der Waals surface area (Å²) in [6.45, 7) is 0. The molecule has 0 saturated heterocycles. The number of thioether (sulfide) groups is 1. The van der Waals surface area contributed by atoms with Crippen molar-refractivity contribution in [3.63, 3.8) is 0 Å². The monoisotopic (exact) mass is 458 g/mol. The molecule has 3 aromatic rings. The summed E-state index contributed by atoms with van der Waals surface area (Å²) in [6, 6.07) is 9.80. The fraction of sp³-hybridized carbons (Fsp3) is 0.409. The highest BCUT2D eigenvalue weighted by molar-refractivity contribution is 7.99. The molecule has 2 aromatic heterocycles. The Hall–Kier alpha value is -2.52. The maximum Gasteiger partial charge on any atom is 0.234 e. The van der Waals surface area contributed by atoms with E-state index < -0.39 is 0 Å². The fourth-order valence-electron chi connectivity index (χ4n) is 3.85. The Labute approximate surface area is 190 Å². The first-order valence-corrected chi connectivity index (χ1v) is 12.2. The van der Waals surface area contributed by atoms with Gasteiger partial charge in [-0.3, -0.25) is 9.36 Å². The zero-order valence-electron chi connectivity index (χ0n) is 17.7. The Balaban J connectivity index is 1.50. The van der Waals surface area contributed by atoms with Gasteiger partial charge in [0.15, 0.2) is 11.0 Å². The minimum Gasteiger partial charge on any atom is -0.497 e. The molecule has 0 aliphatic heterocycles. The Morgan fingerprint density at radius 1 is 1.19 bits per heavy atom. The molecule has 31 heavy (non-hydrogen) atoms. The Morgan fingerprint density at radius 3 is 2.74 bits per heavy atom. The summed E-state index contributed by atoms with van der Waals surface area (Å²) < 4.78 is 12.8. The molecular weight excluding hydrogens is 432 g/mol. The first kappa shape index (κ1) is 21.7. The number of carbonyl (C=O) groups excluding carboxylic acids is 1. The molecule has 9 heteroatoms. The second-order valence-electron chi connectivity index (χ2n) is 7.35. The highest BCUT2D eigenvalue weighted by Crippen LogP contribution is 2.37. The van der Waals surface area contributed by atoms with Gasteiger partial charge >= 0.3 is 0 Å². The number of hydrogen-bond donors (Lipinski definition) is 1. The third kappa shape index (κ3) is 5.04. The largest absolute Gasteiger partial charge is 0.497 e. The highest BCUT2D eigenvalue weighted by Gasteiger charge is 2.24. The number of nitrogens with zero attached hydrogens (tertiary/aromatic N) is 3. The van der Waals surface area contributed by atoms with Gasteiger partial charge in [0.2, 0.25) is 5.91 Å². The van der Waals surface area contributed by atoms with Crippen LogP contribution in [0.5, 0.6) is 11.5 Å². The van der Waals surface area contributed by atoms with Crippen molar-refractivity contribution in [3.8, 4) is 22.2 Å². The molecule has 0 atom stereocenters. The SMILES string of the molecule is COc1ccc(OC)c(NC(=O)CSc2nnc(-c3cccs3)n2C2CCCCC2)c1. The van der Waals surface area contributed by atoms with Crippen molar-refractivity contribution in [1.29, 1.82) is 0 Å². The van der Waals surface area contributed by atoms with E-state index >= 15 is 0 Å². The predicted octanol–water partition coefficient (Wildman–Crippen LogP) is 5.26. The summed E-state index contributed by atoms with van der Waals surface area (Å²) in [5.74, 6) is 2.24. The van der Waals surface area contributed by atoms with Gasteiger partial charge in [0.25, 0.3) is 0 Å². The molecule has 0 spiro atoms. The molecule has 0 radical (unpaired) electrons. The van der Waals surface area contributed by atoms with Crippen LogP contribution in [0.3, 0.4) is 0 Å². The number of rotatable bonds is 8. The number of anilines is 1. The molecule has 7 nitrogen and oxygen atoms in total. The Kier molecular flexibility index (Phi) is 7.14. The van der Waals surface area contributed by atoms with Crippen molar-refractivity contribution >= 4 is 34.7 Å². The van der Waals surface area contributed by atoms with Gasteiger partial charge in [0.1, 0.15) is 11.5 Å². The van der Waals surface area contributed by atoms with Crippen LogP contribution in [0.4, 0.5) is 5.69 Å². The molecule has 164 valence electrons. The molecule has 2 heterocycles. The lowest BCUT2D eigenvalue weighted by atomic mass is 9.95. The quantitative estimate of drug-likeness (QED) is 0.464. The second-order valence-corrected chi connectivity index (χ2v) is 9.24. The molecule has 0 unspecified atom stereocenters. The highest BCUT2D eigenvalue weighted by atomic mass is 32.2. The van der Waals surface area contributed by atoms with E-state index in [-0.39, 0.29) is 11.7 Å². The molecular formula is C22H26N4O3S2. The van der Waals surface area contributed by atoms with Gasteiger partial charge in [-0.1, -0.05) is 37.1 Å². The summed E-state index contributed by atoms with van der Waals surface area (Å²) in [4.78, 5) is 13.8. The van der Waals surface area contributed by atoms with Crippen LogP contribution in [0.1, 0.15) is 38.1 Å². The molecule has 1 N–H and O–H groups in total. The van der Waals surface area contributed by atoms with Crippen LogP contribution in [0, 0.1) is 0 Å². The van der Waals surface area contributed by atoms with Crippen LogP contribution >= 0.6 is 23.1 Å². The van der Waals surface area contributed by atoms with Crippen molar-refractivity contribution in [2.45, 2.75) is 43.3 Å². The minimum absolute atomic E-state index is 0.132. The van der Waals surface area contributed by atoms with E-state index in [2.05, 4.69) is 31.5 Å². The predicted molar refractivity (Wildman–Crippen MR) is 124 cm³/mol. The zero-order valence-corrected chi connectivity index (χ0v) is 19.3. The summed E-state index contributed by atoms with van der Waals surface area (Å²) in [5, 5.41) is 14.7. The van der Waals surface area contributed by atoms with E-state index in [1.54, 1.807) is 43.8 Å². The Morgan fingerprint density at radius 2 is 2.03 bits per heavy atom. The number of thiophene rings is 1. The van der Waals surface area contributed by atoms with Gasteiger partial charge in [0, 0.05) is 12.1 Å². The number of aromatic nitrogens is 3. The van der Waals surface area contributed by atoms with Crippen LogP contribution in [0.15, 0.2) is 40.9 Å². The van der Waals surface area contributed by atoms with Gasteiger partial charge < -0.3 is 14.8 Å². The third-order valence-corrected chi connectivity index (χ3v) is 7.17. The average molecular weight is 459 g/mol. The van der Waals surface area contributed by atoms with Gasteiger partial charge in [-0.15, -0.1) is 21.5 Å². The van der Waals surface area contributed by atoms with Crippen molar-refractivity contribution in [2.24, 2.45) is 0 Å². The zero-order chi connectivity index (χ0) is 21.6. The van der Waals surface area contributed by atoms with E-state index in [0.29, 0.717) is 23.2 Å². The normalized spacial score (nSPS) is 14.4. The Bertz CT molecular complexity index is 1010. The lowest BCUT2D eigenvalue weighted by molar-refractivity contribution is -0.113. The average Bonchev–Trinajstić information content (AvgIpc) is 3.48. The number of amides is 1. The number of carbonyl (C=O) groups is 1. The summed E-state index contributed by atoms with van der Waals surface area (Å²) >= 11 is 3.08. The maximum atomic E-state index is 12.7. The van der Waals surface area contributed by atoms with Crippen molar-refractivity contribution in [2.75, 3.05) is 25.3 Å². The van der Waals surface area contributed by atoms with E-state index in [4.69, 9.17) is 9.47 Å². The third-order valence-electron chi connectivity index (χ3n) is 5.36. The van der Waals surface area contributed by atoms with Crippen LogP contribution in [0.25, 0.3) is 10.7 Å². The summed E-state index contributed by atoms with van der Waals surface area (Å²) in [6.07, 6.45) is 5.95. The van der Waals surface area contributed by atoms with Gasteiger partial charge in [-0.2, -0.15) is 0 Å². The van der Waals surface area contributed by atoms with E-state index in [9.17, 15) is 4.79 Å². The van der Waals surface area contributed by atoms with Crippen molar-refractivity contribution in [3.05, 3.63) is 35.7 Å². The van der Waals surface area contributed by atoms with Gasteiger partial charge in [-0.05, 0) is 36.4 Å². The fourth-order valence-corrected chi connectivity index (χ4v) is 5.36. The van der Waals surface area contributed by atoms with E-state index in [0.717, 1.165) is 28.7 Å². The summed E-state index contributed by atoms with van der Waals surface area (Å²) in [5.41, 5.74) is 0.584. The lowest BCUT2D eigenvalue weighted by Gasteiger charge is -2.25. The van der Waals surface area contributed by atoms with Crippen molar-refractivity contribution in [1.82, 2.24) is 14.8 Å². The number of benzene rings is 1. The van der Waals surface area contributed by atoms with E-state index in [1.165, 1.54) is 31.0 Å². The first-order valence-electron chi connectivity index (χ1n) is 10.3. The van der Waals surface area contributed by atoms with Crippen LogP contribution < -0.4 is 14.8 Å². The summed E-state index contributed by atoms with van der Waals surface area (Å²) in [7, 11) is 3.16.